The zero-order chi connectivity index (χ0) is 14.0. The Bertz CT molecular complexity index is 911. The van der Waals surface area contributed by atoms with E-state index in [2.05, 4.69) is 70.0 Å². The molecule has 0 aliphatic heterocycles. The molecule has 0 fully saturated rings. The van der Waals surface area contributed by atoms with Crippen LogP contribution in [-0.4, -0.2) is 9.97 Å². The van der Waals surface area contributed by atoms with Gasteiger partial charge in [0.15, 0.2) is 0 Å². The van der Waals surface area contributed by atoms with Crippen molar-refractivity contribution in [2.24, 2.45) is 0 Å². The Morgan fingerprint density at radius 2 is 1.10 bits per heavy atom. The number of halogens is 2. The molecule has 0 amide bonds. The molecule has 2 heterocycles. The molecular formula is C16H10Br2N2. The van der Waals surface area contributed by atoms with E-state index in [-0.39, 0.29) is 0 Å². The Balaban J connectivity index is 2.50. The van der Waals surface area contributed by atoms with Crippen molar-refractivity contribution in [2.45, 2.75) is 13.8 Å². The third-order valence-electron chi connectivity index (χ3n) is 3.85. The number of nitrogens with zero attached hydrogens (tertiary/aromatic N) is 2. The summed E-state index contributed by atoms with van der Waals surface area (Å²) in [6, 6.07) is 8.34. The molecule has 0 saturated carbocycles. The molecule has 4 aromatic rings. The minimum absolute atomic E-state index is 1.01. The zero-order valence-electron chi connectivity index (χ0n) is 11.0. The van der Waals surface area contributed by atoms with E-state index in [4.69, 9.17) is 9.97 Å². The van der Waals surface area contributed by atoms with Crippen LogP contribution >= 0.6 is 31.9 Å². The highest BCUT2D eigenvalue weighted by Crippen LogP contribution is 2.39. The Morgan fingerprint density at radius 1 is 0.700 bits per heavy atom. The Kier molecular flexibility index (Phi) is 2.57. The van der Waals surface area contributed by atoms with Crippen LogP contribution < -0.4 is 0 Å². The van der Waals surface area contributed by atoms with Gasteiger partial charge in [0.1, 0.15) is 0 Å². The van der Waals surface area contributed by atoms with E-state index in [1.807, 2.05) is 0 Å². The first-order chi connectivity index (χ1) is 9.58. The summed E-state index contributed by atoms with van der Waals surface area (Å²) in [5, 5.41) is 4.74. The van der Waals surface area contributed by atoms with Gasteiger partial charge in [-0.15, -0.1) is 0 Å². The van der Waals surface area contributed by atoms with E-state index in [1.165, 1.54) is 21.5 Å². The molecule has 0 radical (unpaired) electrons. The molecule has 4 heteroatoms. The molecule has 98 valence electrons. The van der Waals surface area contributed by atoms with E-state index in [0.717, 1.165) is 31.4 Å². The fraction of sp³-hybridized carbons (Fsp3) is 0.125. The first-order valence-electron chi connectivity index (χ1n) is 6.34. The molecule has 0 bridgehead atoms. The van der Waals surface area contributed by atoms with Crippen molar-refractivity contribution in [1.82, 2.24) is 9.97 Å². The lowest BCUT2D eigenvalue weighted by Crippen LogP contribution is -1.96. The van der Waals surface area contributed by atoms with Crippen LogP contribution in [0, 0.1) is 13.8 Å². The second-order valence-corrected chi connectivity index (χ2v) is 6.74. The third kappa shape index (κ3) is 1.49. The molecular weight excluding hydrogens is 380 g/mol. The molecule has 0 spiro atoms. The van der Waals surface area contributed by atoms with Gasteiger partial charge in [0, 0.05) is 41.9 Å². The van der Waals surface area contributed by atoms with E-state index < -0.39 is 0 Å². The molecule has 0 N–H and O–H groups in total. The quantitative estimate of drug-likeness (QED) is 0.370. The molecule has 0 aliphatic carbocycles. The van der Waals surface area contributed by atoms with Crippen LogP contribution in [0.3, 0.4) is 0 Å². The second kappa shape index (κ2) is 4.12. The van der Waals surface area contributed by atoms with E-state index >= 15 is 0 Å². The van der Waals surface area contributed by atoms with E-state index in [1.54, 1.807) is 0 Å². The Labute approximate surface area is 132 Å². The monoisotopic (exact) mass is 388 g/mol. The molecule has 0 aliphatic rings. The summed E-state index contributed by atoms with van der Waals surface area (Å²) in [5.74, 6) is 0. The van der Waals surface area contributed by atoms with Gasteiger partial charge in [-0.2, -0.15) is 0 Å². The maximum Gasteiger partial charge on any atom is 0.0861 e. The first-order valence-corrected chi connectivity index (χ1v) is 7.93. The fourth-order valence-electron chi connectivity index (χ4n) is 2.92. The summed E-state index contributed by atoms with van der Waals surface area (Å²) >= 11 is 7.25. The van der Waals surface area contributed by atoms with Gasteiger partial charge in [0.2, 0.25) is 0 Å². The largest absolute Gasteiger partial charge is 0.251 e. The predicted molar refractivity (Wildman–Crippen MR) is 90.6 cm³/mol. The van der Waals surface area contributed by atoms with Crippen molar-refractivity contribution in [1.29, 1.82) is 0 Å². The van der Waals surface area contributed by atoms with Crippen molar-refractivity contribution in [3.63, 3.8) is 0 Å². The van der Waals surface area contributed by atoms with Crippen molar-refractivity contribution in [3.8, 4) is 0 Å². The lowest BCUT2D eigenvalue weighted by atomic mass is 9.98. The SMILES string of the molecule is Cc1nc2c(Br)ccc3c(C)nc4c(Br)ccc1c4c32. The van der Waals surface area contributed by atoms with E-state index in [9.17, 15) is 0 Å². The molecule has 2 aromatic carbocycles. The average molecular weight is 390 g/mol. The molecule has 0 unspecified atom stereocenters. The Morgan fingerprint density at radius 3 is 1.50 bits per heavy atom. The van der Waals surface area contributed by atoms with Crippen molar-refractivity contribution in [2.75, 3.05) is 0 Å². The molecule has 20 heavy (non-hydrogen) atoms. The lowest BCUT2D eigenvalue weighted by molar-refractivity contribution is 1.26. The van der Waals surface area contributed by atoms with Gasteiger partial charge in [0.05, 0.1) is 11.0 Å². The first kappa shape index (κ1) is 12.5. The maximum absolute atomic E-state index is 4.79. The topological polar surface area (TPSA) is 25.8 Å². The molecule has 2 aromatic heterocycles. The summed E-state index contributed by atoms with van der Waals surface area (Å²) in [5.41, 5.74) is 4.10. The summed E-state index contributed by atoms with van der Waals surface area (Å²) in [6.07, 6.45) is 0. The number of benzene rings is 2. The number of aryl methyl sites for hydroxylation is 2. The van der Waals surface area contributed by atoms with Crippen LogP contribution in [0.1, 0.15) is 11.4 Å². The number of pyridine rings is 2. The van der Waals surface area contributed by atoms with Gasteiger partial charge < -0.3 is 0 Å². The van der Waals surface area contributed by atoms with Crippen LogP contribution in [0.15, 0.2) is 33.2 Å². The van der Waals surface area contributed by atoms with Gasteiger partial charge in [-0.25, -0.2) is 0 Å². The standard InChI is InChI=1S/C16H10Br2N2/c1-7-9-3-5-12(18)16-13(9)14-10(8(2)20-16)4-6-11(17)15(14)19-7/h3-6H,1-2H3. The number of hydrogen-bond donors (Lipinski definition) is 0. The summed E-state index contributed by atoms with van der Waals surface area (Å²) in [6.45, 7) is 4.10. The summed E-state index contributed by atoms with van der Waals surface area (Å²) < 4.78 is 2.06. The minimum Gasteiger partial charge on any atom is -0.251 e. The van der Waals surface area contributed by atoms with Crippen LogP contribution in [0.5, 0.6) is 0 Å². The highest BCUT2D eigenvalue weighted by molar-refractivity contribution is 9.11. The van der Waals surface area contributed by atoms with Gasteiger partial charge in [-0.05, 0) is 57.8 Å². The van der Waals surface area contributed by atoms with Gasteiger partial charge in [0.25, 0.3) is 0 Å². The predicted octanol–water partition coefficient (Wildman–Crippen LogP) is 5.52. The third-order valence-corrected chi connectivity index (χ3v) is 5.13. The second-order valence-electron chi connectivity index (χ2n) is 5.03. The highest BCUT2D eigenvalue weighted by Gasteiger charge is 2.17. The van der Waals surface area contributed by atoms with Crippen LogP contribution in [0.4, 0.5) is 0 Å². The molecule has 0 saturated heterocycles. The molecule has 2 nitrogen and oxygen atoms in total. The molecule has 4 rings (SSSR count). The number of aromatic nitrogens is 2. The van der Waals surface area contributed by atoms with Crippen LogP contribution in [0.2, 0.25) is 0 Å². The number of rotatable bonds is 0. The minimum atomic E-state index is 1.01. The van der Waals surface area contributed by atoms with Crippen molar-refractivity contribution in [3.05, 3.63) is 44.6 Å². The van der Waals surface area contributed by atoms with Crippen molar-refractivity contribution >= 4 is 64.4 Å². The van der Waals surface area contributed by atoms with Crippen molar-refractivity contribution < 1.29 is 0 Å². The molecule has 0 atom stereocenters. The fourth-order valence-corrected chi connectivity index (χ4v) is 3.75. The smallest absolute Gasteiger partial charge is 0.0861 e. The summed E-state index contributed by atoms with van der Waals surface area (Å²) in [7, 11) is 0. The van der Waals surface area contributed by atoms with Crippen LogP contribution in [-0.2, 0) is 0 Å². The maximum atomic E-state index is 4.79. The van der Waals surface area contributed by atoms with Gasteiger partial charge in [-0.1, -0.05) is 12.1 Å². The average Bonchev–Trinajstić information content (AvgIpc) is 2.42. The lowest BCUT2D eigenvalue weighted by Gasteiger charge is -2.15. The van der Waals surface area contributed by atoms with Crippen LogP contribution in [0.25, 0.3) is 32.6 Å². The van der Waals surface area contributed by atoms with Gasteiger partial charge >= 0.3 is 0 Å². The normalized spacial score (nSPS) is 12.0. The number of hydrogen-bond acceptors (Lipinski definition) is 2. The van der Waals surface area contributed by atoms with E-state index in [0.29, 0.717) is 0 Å². The Hall–Kier alpha value is -1.26. The van der Waals surface area contributed by atoms with Gasteiger partial charge in [-0.3, -0.25) is 9.97 Å². The zero-order valence-corrected chi connectivity index (χ0v) is 14.1. The highest BCUT2D eigenvalue weighted by atomic mass is 79.9. The summed E-state index contributed by atoms with van der Waals surface area (Å²) in [4.78, 5) is 9.57.